The molecule has 0 saturated carbocycles. The Balaban J connectivity index is 1.64. The van der Waals surface area contributed by atoms with Gasteiger partial charge in [0.2, 0.25) is 0 Å². The maximum atomic E-state index is 13.1. The van der Waals surface area contributed by atoms with E-state index in [2.05, 4.69) is 17.0 Å². The number of halogens is 1. The van der Waals surface area contributed by atoms with E-state index in [1.165, 1.54) is 17.7 Å². The van der Waals surface area contributed by atoms with Crippen LogP contribution in [0.5, 0.6) is 5.75 Å². The van der Waals surface area contributed by atoms with Gasteiger partial charge in [0.1, 0.15) is 18.2 Å². The normalized spacial score (nSPS) is 12.6. The van der Waals surface area contributed by atoms with Crippen LogP contribution in [0.3, 0.4) is 0 Å². The van der Waals surface area contributed by atoms with Crippen LogP contribution in [0.15, 0.2) is 54.6 Å². The quantitative estimate of drug-likeness (QED) is 0.717. The molecule has 4 nitrogen and oxygen atoms in total. The first kappa shape index (κ1) is 19.4. The van der Waals surface area contributed by atoms with Crippen molar-refractivity contribution >= 4 is 0 Å². The lowest BCUT2D eigenvalue weighted by Gasteiger charge is -2.24. The molecule has 0 aromatic heterocycles. The molecule has 2 aromatic rings. The third kappa shape index (κ3) is 7.65. The molecule has 1 N–H and O–H groups in total. The van der Waals surface area contributed by atoms with Crippen LogP contribution in [0, 0.1) is 5.82 Å². The topological polar surface area (TPSA) is 35.9 Å². The minimum absolute atomic E-state index is 0.303. The van der Waals surface area contributed by atoms with Crippen molar-refractivity contribution in [3.63, 3.8) is 0 Å². The third-order valence-electron chi connectivity index (χ3n) is 3.88. The second-order valence-electron chi connectivity index (χ2n) is 6.40. The third-order valence-corrected chi connectivity index (χ3v) is 3.88. The van der Waals surface area contributed by atoms with Gasteiger partial charge in [-0.05, 0) is 31.8 Å². The summed E-state index contributed by atoms with van der Waals surface area (Å²) in [6.45, 7) is 3.09. The Hall–Kier alpha value is -1.95. The largest absolute Gasteiger partial charge is 0.492 e. The SMILES string of the molecule is CN(CCOc1cccc(F)c1)CC(O)CN(C)Cc1ccccc1. The molecular weight excluding hydrogens is 319 g/mol. The predicted molar refractivity (Wildman–Crippen MR) is 98.2 cm³/mol. The van der Waals surface area contributed by atoms with Crippen molar-refractivity contribution in [1.29, 1.82) is 0 Å². The van der Waals surface area contributed by atoms with E-state index in [1.54, 1.807) is 12.1 Å². The van der Waals surface area contributed by atoms with Gasteiger partial charge in [-0.25, -0.2) is 4.39 Å². The highest BCUT2D eigenvalue weighted by atomic mass is 19.1. The van der Waals surface area contributed by atoms with E-state index in [0.29, 0.717) is 32.0 Å². The molecule has 0 bridgehead atoms. The number of aliphatic hydroxyl groups is 1. The summed E-state index contributed by atoms with van der Waals surface area (Å²) in [5.41, 5.74) is 1.23. The van der Waals surface area contributed by atoms with Gasteiger partial charge < -0.3 is 14.7 Å². The highest BCUT2D eigenvalue weighted by Gasteiger charge is 2.11. The predicted octanol–water partition coefficient (Wildman–Crippen LogP) is 2.63. The standard InChI is InChI=1S/C20H27FN2O2/c1-22(11-12-25-20-10-6-9-18(21)13-20)15-19(24)16-23(2)14-17-7-4-3-5-8-17/h3-10,13,19,24H,11-12,14-16H2,1-2H3. The van der Waals surface area contributed by atoms with Crippen molar-refractivity contribution in [1.82, 2.24) is 9.80 Å². The fourth-order valence-electron chi connectivity index (χ4n) is 2.70. The van der Waals surface area contributed by atoms with Gasteiger partial charge in [0.25, 0.3) is 0 Å². The molecule has 0 spiro atoms. The summed E-state index contributed by atoms with van der Waals surface area (Å²) < 4.78 is 18.6. The van der Waals surface area contributed by atoms with Crippen LogP contribution in [0.4, 0.5) is 4.39 Å². The van der Waals surface area contributed by atoms with E-state index in [-0.39, 0.29) is 5.82 Å². The number of rotatable bonds is 10. The van der Waals surface area contributed by atoms with Gasteiger partial charge in [0.15, 0.2) is 0 Å². The number of benzene rings is 2. The fraction of sp³-hybridized carbons (Fsp3) is 0.400. The summed E-state index contributed by atoms with van der Waals surface area (Å²) in [5.74, 6) is 0.222. The maximum absolute atomic E-state index is 13.1. The van der Waals surface area contributed by atoms with Gasteiger partial charge in [-0.15, -0.1) is 0 Å². The summed E-state index contributed by atoms with van der Waals surface area (Å²) in [6.07, 6.45) is -0.437. The van der Waals surface area contributed by atoms with Crippen molar-refractivity contribution in [3.05, 3.63) is 66.0 Å². The highest BCUT2D eigenvalue weighted by molar-refractivity contribution is 5.22. The fourth-order valence-corrected chi connectivity index (χ4v) is 2.70. The molecular formula is C20H27FN2O2. The lowest BCUT2D eigenvalue weighted by Crippen LogP contribution is -2.38. The molecule has 0 aliphatic heterocycles. The van der Waals surface area contributed by atoms with Crippen molar-refractivity contribution in [2.45, 2.75) is 12.6 Å². The molecule has 0 radical (unpaired) electrons. The highest BCUT2D eigenvalue weighted by Crippen LogP contribution is 2.11. The summed E-state index contributed by atoms with van der Waals surface area (Å²) in [4.78, 5) is 4.12. The Morgan fingerprint density at radius 2 is 1.72 bits per heavy atom. The second-order valence-corrected chi connectivity index (χ2v) is 6.40. The molecule has 2 rings (SSSR count). The van der Waals surface area contributed by atoms with Crippen LogP contribution in [-0.2, 0) is 6.54 Å². The average Bonchev–Trinajstić information content (AvgIpc) is 2.55. The molecule has 2 aromatic carbocycles. The summed E-state index contributed by atoms with van der Waals surface area (Å²) in [6, 6.07) is 16.3. The number of aliphatic hydroxyl groups excluding tert-OH is 1. The molecule has 5 heteroatoms. The smallest absolute Gasteiger partial charge is 0.126 e. The second kappa shape index (κ2) is 10.1. The van der Waals surface area contributed by atoms with Crippen molar-refractivity contribution in [2.24, 2.45) is 0 Å². The lowest BCUT2D eigenvalue weighted by molar-refractivity contribution is 0.0841. The van der Waals surface area contributed by atoms with Crippen LogP contribution < -0.4 is 4.74 Å². The van der Waals surface area contributed by atoms with Gasteiger partial charge >= 0.3 is 0 Å². The van der Waals surface area contributed by atoms with Crippen LogP contribution in [0.25, 0.3) is 0 Å². The molecule has 0 aliphatic carbocycles. The van der Waals surface area contributed by atoms with Crippen LogP contribution in [0.1, 0.15) is 5.56 Å². The van der Waals surface area contributed by atoms with E-state index in [1.807, 2.05) is 37.2 Å². The van der Waals surface area contributed by atoms with Gasteiger partial charge in [0, 0.05) is 32.2 Å². The number of likely N-dealkylation sites (N-methyl/N-ethyl adjacent to an activating group) is 2. The molecule has 0 saturated heterocycles. The Labute approximate surface area is 149 Å². The Bertz CT molecular complexity index is 624. The zero-order valence-electron chi connectivity index (χ0n) is 14.9. The molecule has 136 valence electrons. The van der Waals surface area contributed by atoms with Crippen LogP contribution >= 0.6 is 0 Å². The maximum Gasteiger partial charge on any atom is 0.126 e. The van der Waals surface area contributed by atoms with E-state index in [9.17, 15) is 9.50 Å². The van der Waals surface area contributed by atoms with Crippen molar-refractivity contribution < 1.29 is 14.2 Å². The number of nitrogens with zero attached hydrogens (tertiary/aromatic N) is 2. The molecule has 0 amide bonds. The monoisotopic (exact) mass is 346 g/mol. The molecule has 0 heterocycles. The van der Waals surface area contributed by atoms with E-state index in [4.69, 9.17) is 4.74 Å². The first-order chi connectivity index (χ1) is 12.0. The summed E-state index contributed by atoms with van der Waals surface area (Å²) in [7, 11) is 3.94. The van der Waals surface area contributed by atoms with E-state index < -0.39 is 6.10 Å². The van der Waals surface area contributed by atoms with Gasteiger partial charge in [0.05, 0.1) is 6.10 Å². The molecule has 0 aliphatic rings. The minimum atomic E-state index is -0.437. The first-order valence-electron chi connectivity index (χ1n) is 8.50. The molecule has 1 atom stereocenters. The van der Waals surface area contributed by atoms with E-state index >= 15 is 0 Å². The number of hydrogen-bond acceptors (Lipinski definition) is 4. The first-order valence-corrected chi connectivity index (χ1v) is 8.50. The van der Waals surface area contributed by atoms with Crippen molar-refractivity contribution in [3.8, 4) is 5.75 Å². The van der Waals surface area contributed by atoms with E-state index in [0.717, 1.165) is 6.54 Å². The van der Waals surface area contributed by atoms with Crippen LogP contribution in [-0.4, -0.2) is 61.3 Å². The zero-order chi connectivity index (χ0) is 18.1. The van der Waals surface area contributed by atoms with Gasteiger partial charge in [-0.3, -0.25) is 4.90 Å². The molecule has 25 heavy (non-hydrogen) atoms. The van der Waals surface area contributed by atoms with Crippen LogP contribution in [0.2, 0.25) is 0 Å². The van der Waals surface area contributed by atoms with Gasteiger partial charge in [-0.1, -0.05) is 36.4 Å². The minimum Gasteiger partial charge on any atom is -0.492 e. The number of ether oxygens (including phenoxy) is 1. The zero-order valence-corrected chi connectivity index (χ0v) is 14.9. The summed E-state index contributed by atoms with van der Waals surface area (Å²) in [5, 5.41) is 10.2. The van der Waals surface area contributed by atoms with Gasteiger partial charge in [-0.2, -0.15) is 0 Å². The Kier molecular flexibility index (Phi) is 7.85. The number of hydrogen-bond donors (Lipinski definition) is 1. The van der Waals surface area contributed by atoms with Crippen molar-refractivity contribution in [2.75, 3.05) is 40.3 Å². The Morgan fingerprint density at radius 1 is 1.00 bits per heavy atom. The average molecular weight is 346 g/mol. The summed E-state index contributed by atoms with van der Waals surface area (Å²) >= 11 is 0. The molecule has 0 fully saturated rings. The lowest BCUT2D eigenvalue weighted by atomic mass is 10.2. The Morgan fingerprint density at radius 3 is 2.44 bits per heavy atom. The molecule has 1 unspecified atom stereocenters.